The largest absolute Gasteiger partial charge is 0.481 e. The number of carbonyl (C=O) groups excluding carboxylic acids is 1. The molecule has 1 aromatic rings. The third-order valence-corrected chi connectivity index (χ3v) is 4.43. The highest BCUT2D eigenvalue weighted by molar-refractivity contribution is 5.78. The molecule has 1 heterocycles. The SMILES string of the molecule is Cc1cc(CC(=O)NC(CCC(=O)O)CC2CCCCC2)no1. The van der Waals surface area contributed by atoms with Crippen molar-refractivity contribution in [3.8, 4) is 0 Å². The van der Waals surface area contributed by atoms with E-state index >= 15 is 0 Å². The van der Waals surface area contributed by atoms with E-state index in [0.29, 0.717) is 23.8 Å². The number of carbonyl (C=O) groups is 2. The Morgan fingerprint density at radius 2 is 2.13 bits per heavy atom. The molecule has 0 aromatic carbocycles. The fraction of sp³-hybridized carbons (Fsp3) is 0.706. The number of carboxylic acids is 1. The Balaban J connectivity index is 1.86. The van der Waals surface area contributed by atoms with Gasteiger partial charge in [0, 0.05) is 18.5 Å². The molecule has 0 spiro atoms. The molecule has 2 N–H and O–H groups in total. The average Bonchev–Trinajstić information content (AvgIpc) is 2.90. The van der Waals surface area contributed by atoms with Crippen LogP contribution in [0.25, 0.3) is 0 Å². The topological polar surface area (TPSA) is 92.4 Å². The maximum atomic E-state index is 12.2. The lowest BCUT2D eigenvalue weighted by molar-refractivity contribution is -0.137. The van der Waals surface area contributed by atoms with E-state index in [1.807, 2.05) is 0 Å². The fourth-order valence-corrected chi connectivity index (χ4v) is 3.32. The zero-order valence-corrected chi connectivity index (χ0v) is 13.7. The normalized spacial score (nSPS) is 16.9. The van der Waals surface area contributed by atoms with Crippen molar-refractivity contribution in [1.82, 2.24) is 10.5 Å². The fourth-order valence-electron chi connectivity index (χ4n) is 3.32. The van der Waals surface area contributed by atoms with E-state index in [4.69, 9.17) is 9.63 Å². The summed E-state index contributed by atoms with van der Waals surface area (Å²) in [7, 11) is 0. The molecule has 0 aliphatic heterocycles. The van der Waals surface area contributed by atoms with Crippen LogP contribution in [0.2, 0.25) is 0 Å². The van der Waals surface area contributed by atoms with Crippen LogP contribution in [0.4, 0.5) is 0 Å². The highest BCUT2D eigenvalue weighted by Crippen LogP contribution is 2.28. The summed E-state index contributed by atoms with van der Waals surface area (Å²) in [6.45, 7) is 1.78. The maximum absolute atomic E-state index is 12.2. The Bertz CT molecular complexity index is 520. The van der Waals surface area contributed by atoms with E-state index in [1.165, 1.54) is 32.1 Å². The molecular weight excluding hydrogens is 296 g/mol. The van der Waals surface area contributed by atoms with Crippen molar-refractivity contribution in [3.63, 3.8) is 0 Å². The molecule has 1 aliphatic rings. The lowest BCUT2D eigenvalue weighted by atomic mass is 9.84. The smallest absolute Gasteiger partial charge is 0.303 e. The molecule has 1 amide bonds. The van der Waals surface area contributed by atoms with E-state index in [1.54, 1.807) is 13.0 Å². The first-order chi connectivity index (χ1) is 11.0. The second-order valence-electron chi connectivity index (χ2n) is 6.54. The summed E-state index contributed by atoms with van der Waals surface area (Å²) in [6.07, 6.45) is 7.74. The quantitative estimate of drug-likeness (QED) is 0.767. The summed E-state index contributed by atoms with van der Waals surface area (Å²) >= 11 is 0. The van der Waals surface area contributed by atoms with Crippen molar-refractivity contribution in [2.24, 2.45) is 5.92 Å². The number of aryl methyl sites for hydroxylation is 1. The van der Waals surface area contributed by atoms with Gasteiger partial charge in [0.15, 0.2) is 0 Å². The molecule has 1 aromatic heterocycles. The van der Waals surface area contributed by atoms with Crippen LogP contribution in [0.1, 0.15) is 62.8 Å². The zero-order valence-electron chi connectivity index (χ0n) is 13.7. The van der Waals surface area contributed by atoms with Crippen LogP contribution >= 0.6 is 0 Å². The highest BCUT2D eigenvalue weighted by atomic mass is 16.5. The van der Waals surface area contributed by atoms with Crippen molar-refractivity contribution >= 4 is 11.9 Å². The number of hydrogen-bond donors (Lipinski definition) is 2. The lowest BCUT2D eigenvalue weighted by Gasteiger charge is -2.27. The van der Waals surface area contributed by atoms with Crippen molar-refractivity contribution in [2.45, 2.75) is 70.8 Å². The molecule has 1 unspecified atom stereocenters. The summed E-state index contributed by atoms with van der Waals surface area (Å²) in [5.74, 6) is 0.332. The van der Waals surface area contributed by atoms with Gasteiger partial charge in [-0.3, -0.25) is 9.59 Å². The van der Waals surface area contributed by atoms with Gasteiger partial charge in [-0.05, 0) is 25.7 Å². The van der Waals surface area contributed by atoms with Crippen LogP contribution in [-0.4, -0.2) is 28.2 Å². The number of amides is 1. The van der Waals surface area contributed by atoms with Crippen LogP contribution < -0.4 is 5.32 Å². The molecule has 6 nitrogen and oxygen atoms in total. The Morgan fingerprint density at radius 1 is 1.39 bits per heavy atom. The van der Waals surface area contributed by atoms with Gasteiger partial charge in [-0.1, -0.05) is 37.3 Å². The van der Waals surface area contributed by atoms with Crippen LogP contribution in [0.5, 0.6) is 0 Å². The monoisotopic (exact) mass is 322 g/mol. The maximum Gasteiger partial charge on any atom is 0.303 e. The van der Waals surface area contributed by atoms with Gasteiger partial charge in [-0.25, -0.2) is 0 Å². The first-order valence-corrected chi connectivity index (χ1v) is 8.46. The molecule has 128 valence electrons. The van der Waals surface area contributed by atoms with E-state index in [2.05, 4.69) is 10.5 Å². The van der Waals surface area contributed by atoms with Crippen LogP contribution in [0.15, 0.2) is 10.6 Å². The molecule has 1 fully saturated rings. The third-order valence-electron chi connectivity index (χ3n) is 4.43. The summed E-state index contributed by atoms with van der Waals surface area (Å²) in [5.41, 5.74) is 0.606. The van der Waals surface area contributed by atoms with E-state index in [-0.39, 0.29) is 24.8 Å². The van der Waals surface area contributed by atoms with E-state index in [0.717, 1.165) is 6.42 Å². The molecule has 1 saturated carbocycles. The first-order valence-electron chi connectivity index (χ1n) is 8.46. The number of aromatic nitrogens is 1. The third kappa shape index (κ3) is 6.42. The molecule has 1 aliphatic carbocycles. The minimum Gasteiger partial charge on any atom is -0.481 e. The minimum absolute atomic E-state index is 0.0744. The van der Waals surface area contributed by atoms with E-state index < -0.39 is 5.97 Å². The number of hydrogen-bond acceptors (Lipinski definition) is 4. The number of carboxylic acid groups (broad SMARTS) is 1. The summed E-state index contributed by atoms with van der Waals surface area (Å²) in [6, 6.07) is 1.67. The Kier molecular flexibility index (Phi) is 6.62. The number of nitrogens with zero attached hydrogens (tertiary/aromatic N) is 1. The number of aliphatic carboxylic acids is 1. The van der Waals surface area contributed by atoms with Crippen LogP contribution in [0, 0.1) is 12.8 Å². The average molecular weight is 322 g/mol. The zero-order chi connectivity index (χ0) is 16.7. The molecule has 0 bridgehead atoms. The standard InChI is InChI=1S/C17H26N2O4/c1-12-9-15(19-23-12)11-16(20)18-14(7-8-17(21)22)10-13-5-3-2-4-6-13/h9,13-14H,2-8,10-11H2,1H3,(H,18,20)(H,21,22). The van der Waals surface area contributed by atoms with Crippen LogP contribution in [0.3, 0.4) is 0 Å². The Morgan fingerprint density at radius 3 is 2.74 bits per heavy atom. The second kappa shape index (κ2) is 8.70. The number of rotatable bonds is 8. The van der Waals surface area contributed by atoms with Gasteiger partial charge in [0.05, 0.1) is 12.1 Å². The van der Waals surface area contributed by atoms with Gasteiger partial charge in [0.2, 0.25) is 5.91 Å². The Labute approximate surface area is 136 Å². The van der Waals surface area contributed by atoms with Crippen molar-refractivity contribution < 1.29 is 19.2 Å². The van der Waals surface area contributed by atoms with Crippen molar-refractivity contribution in [2.75, 3.05) is 0 Å². The van der Waals surface area contributed by atoms with Crippen LogP contribution in [-0.2, 0) is 16.0 Å². The molecule has 2 rings (SSSR count). The van der Waals surface area contributed by atoms with Gasteiger partial charge in [0.25, 0.3) is 0 Å². The Hall–Kier alpha value is -1.85. The first kappa shape index (κ1) is 17.5. The van der Waals surface area contributed by atoms with Gasteiger partial charge in [-0.15, -0.1) is 0 Å². The molecule has 23 heavy (non-hydrogen) atoms. The molecular formula is C17H26N2O4. The molecule has 0 saturated heterocycles. The van der Waals surface area contributed by atoms with Gasteiger partial charge >= 0.3 is 5.97 Å². The lowest BCUT2D eigenvalue weighted by Crippen LogP contribution is -2.38. The molecule has 0 radical (unpaired) electrons. The highest BCUT2D eigenvalue weighted by Gasteiger charge is 2.21. The van der Waals surface area contributed by atoms with Crippen molar-refractivity contribution in [3.05, 3.63) is 17.5 Å². The second-order valence-corrected chi connectivity index (χ2v) is 6.54. The van der Waals surface area contributed by atoms with Gasteiger partial charge in [-0.2, -0.15) is 0 Å². The van der Waals surface area contributed by atoms with E-state index in [9.17, 15) is 9.59 Å². The van der Waals surface area contributed by atoms with Crippen molar-refractivity contribution in [1.29, 1.82) is 0 Å². The molecule has 6 heteroatoms. The summed E-state index contributed by atoms with van der Waals surface area (Å²) < 4.78 is 4.96. The predicted octanol–water partition coefficient (Wildman–Crippen LogP) is 2.85. The summed E-state index contributed by atoms with van der Waals surface area (Å²) in [4.78, 5) is 23.0. The summed E-state index contributed by atoms with van der Waals surface area (Å²) in [5, 5.41) is 15.7. The predicted molar refractivity (Wildman–Crippen MR) is 84.9 cm³/mol. The minimum atomic E-state index is -0.819. The van der Waals surface area contributed by atoms with Gasteiger partial charge < -0.3 is 14.9 Å². The molecule has 1 atom stereocenters. The number of nitrogens with one attached hydrogen (secondary N) is 1. The van der Waals surface area contributed by atoms with Gasteiger partial charge in [0.1, 0.15) is 5.76 Å².